The highest BCUT2D eigenvalue weighted by Crippen LogP contribution is 2.18. The Balaban J connectivity index is 2.21. The van der Waals surface area contributed by atoms with Crippen LogP contribution in [0.15, 0.2) is 60.7 Å². The summed E-state index contributed by atoms with van der Waals surface area (Å²) >= 11 is 0. The fraction of sp³-hybridized carbons (Fsp3) is 0.350. The summed E-state index contributed by atoms with van der Waals surface area (Å²) in [5.74, 6) is 0.235. The van der Waals surface area contributed by atoms with Gasteiger partial charge in [0.1, 0.15) is 0 Å². The number of hydrogen-bond donors (Lipinski definition) is 1. The van der Waals surface area contributed by atoms with Gasteiger partial charge in [0.2, 0.25) is 5.91 Å². The molecule has 0 saturated carbocycles. The van der Waals surface area contributed by atoms with Gasteiger partial charge in [-0.2, -0.15) is 0 Å². The highest BCUT2D eigenvalue weighted by molar-refractivity contribution is 5.79. The normalized spacial score (nSPS) is 12.2. The van der Waals surface area contributed by atoms with Gasteiger partial charge in [-0.15, -0.1) is 0 Å². The first-order valence-electron chi connectivity index (χ1n) is 8.18. The van der Waals surface area contributed by atoms with Crippen LogP contribution in [0.5, 0.6) is 0 Å². The van der Waals surface area contributed by atoms with Crippen LogP contribution in [-0.4, -0.2) is 17.4 Å². The molecular weight excluding hydrogens is 284 g/mol. The largest absolute Gasteiger partial charge is 0.334 e. The number of nitrogens with two attached hydrogens (primary N) is 1. The molecule has 0 bridgehead atoms. The van der Waals surface area contributed by atoms with Crippen molar-refractivity contribution in [3.05, 3.63) is 71.8 Å². The number of nitrogens with zero attached hydrogens (tertiary/aromatic N) is 1. The number of hydrogen-bond acceptors (Lipinski definition) is 2. The second-order valence-electron chi connectivity index (χ2n) is 6.25. The van der Waals surface area contributed by atoms with Crippen molar-refractivity contribution in [1.82, 2.24) is 4.90 Å². The van der Waals surface area contributed by atoms with Crippen LogP contribution in [-0.2, 0) is 17.9 Å². The van der Waals surface area contributed by atoms with E-state index in [-0.39, 0.29) is 17.7 Å². The van der Waals surface area contributed by atoms with E-state index in [4.69, 9.17) is 5.73 Å². The molecule has 1 amide bonds. The summed E-state index contributed by atoms with van der Waals surface area (Å²) in [5, 5.41) is 0. The lowest BCUT2D eigenvalue weighted by molar-refractivity contribution is -0.137. The molecule has 0 aliphatic rings. The zero-order valence-corrected chi connectivity index (χ0v) is 14.0. The molecule has 0 aromatic heterocycles. The van der Waals surface area contributed by atoms with Gasteiger partial charge in [0, 0.05) is 19.6 Å². The van der Waals surface area contributed by atoms with E-state index in [1.165, 1.54) is 0 Å². The summed E-state index contributed by atoms with van der Waals surface area (Å²) in [6, 6.07) is 20.2. The number of rotatable bonds is 7. The summed E-state index contributed by atoms with van der Waals surface area (Å²) in [5.41, 5.74) is 8.12. The van der Waals surface area contributed by atoms with Gasteiger partial charge in [-0.3, -0.25) is 4.79 Å². The van der Waals surface area contributed by atoms with E-state index in [9.17, 15) is 4.79 Å². The van der Waals surface area contributed by atoms with Crippen LogP contribution in [0, 0.1) is 11.8 Å². The van der Waals surface area contributed by atoms with E-state index in [0.717, 1.165) is 11.1 Å². The van der Waals surface area contributed by atoms with Crippen LogP contribution in [0.4, 0.5) is 0 Å². The molecule has 0 aliphatic heterocycles. The van der Waals surface area contributed by atoms with Gasteiger partial charge in [0.05, 0.1) is 5.92 Å². The van der Waals surface area contributed by atoms with E-state index in [1.54, 1.807) is 0 Å². The van der Waals surface area contributed by atoms with Crippen molar-refractivity contribution in [2.75, 3.05) is 6.54 Å². The highest BCUT2D eigenvalue weighted by atomic mass is 16.2. The van der Waals surface area contributed by atoms with Crippen molar-refractivity contribution in [3.63, 3.8) is 0 Å². The Morgan fingerprint density at radius 2 is 1.35 bits per heavy atom. The summed E-state index contributed by atoms with van der Waals surface area (Å²) in [7, 11) is 0. The van der Waals surface area contributed by atoms with Gasteiger partial charge in [0.15, 0.2) is 0 Å². The van der Waals surface area contributed by atoms with Crippen LogP contribution >= 0.6 is 0 Å². The quantitative estimate of drug-likeness (QED) is 0.851. The summed E-state index contributed by atoms with van der Waals surface area (Å²) in [6.45, 7) is 5.71. The lowest BCUT2D eigenvalue weighted by Crippen LogP contribution is -2.40. The minimum Gasteiger partial charge on any atom is -0.334 e. The summed E-state index contributed by atoms with van der Waals surface area (Å²) < 4.78 is 0. The lowest BCUT2D eigenvalue weighted by atomic mass is 9.94. The first-order chi connectivity index (χ1) is 11.1. The van der Waals surface area contributed by atoms with Crippen molar-refractivity contribution in [2.24, 2.45) is 17.6 Å². The van der Waals surface area contributed by atoms with Crippen LogP contribution in [0.2, 0.25) is 0 Å². The summed E-state index contributed by atoms with van der Waals surface area (Å²) in [6.07, 6.45) is 0. The van der Waals surface area contributed by atoms with Crippen molar-refractivity contribution in [1.29, 1.82) is 0 Å². The maximum Gasteiger partial charge on any atom is 0.227 e. The van der Waals surface area contributed by atoms with Crippen LogP contribution < -0.4 is 5.73 Å². The molecule has 23 heavy (non-hydrogen) atoms. The smallest absolute Gasteiger partial charge is 0.227 e. The monoisotopic (exact) mass is 310 g/mol. The van der Waals surface area contributed by atoms with Crippen LogP contribution in [0.3, 0.4) is 0 Å². The van der Waals surface area contributed by atoms with E-state index in [2.05, 4.69) is 38.1 Å². The fourth-order valence-electron chi connectivity index (χ4n) is 2.71. The molecular formula is C20H26N2O. The van der Waals surface area contributed by atoms with Gasteiger partial charge in [-0.1, -0.05) is 74.5 Å². The third-order valence-corrected chi connectivity index (χ3v) is 4.12. The van der Waals surface area contributed by atoms with E-state index < -0.39 is 0 Å². The van der Waals surface area contributed by atoms with Crippen molar-refractivity contribution in [2.45, 2.75) is 26.9 Å². The lowest BCUT2D eigenvalue weighted by Gasteiger charge is -2.29. The number of carbonyl (C=O) groups is 1. The molecule has 1 unspecified atom stereocenters. The number of amides is 1. The molecule has 0 fully saturated rings. The molecule has 2 rings (SSSR count). The number of carbonyl (C=O) groups excluding carboxylic acids is 1. The first-order valence-corrected chi connectivity index (χ1v) is 8.18. The molecule has 122 valence electrons. The van der Waals surface area contributed by atoms with E-state index >= 15 is 0 Å². The molecule has 2 aromatic carbocycles. The topological polar surface area (TPSA) is 46.3 Å². The molecule has 3 heteroatoms. The molecule has 0 spiro atoms. The molecule has 0 heterocycles. The summed E-state index contributed by atoms with van der Waals surface area (Å²) in [4.78, 5) is 14.9. The van der Waals surface area contributed by atoms with Crippen molar-refractivity contribution >= 4 is 5.91 Å². The Hall–Kier alpha value is -2.13. The molecule has 3 nitrogen and oxygen atoms in total. The first kappa shape index (κ1) is 17.2. The van der Waals surface area contributed by atoms with Crippen molar-refractivity contribution < 1.29 is 4.79 Å². The molecule has 2 N–H and O–H groups in total. The molecule has 0 aliphatic carbocycles. The average Bonchev–Trinajstić information content (AvgIpc) is 2.56. The van der Waals surface area contributed by atoms with Crippen LogP contribution in [0.25, 0.3) is 0 Å². The molecule has 0 radical (unpaired) electrons. The van der Waals surface area contributed by atoms with Gasteiger partial charge in [-0.05, 0) is 17.0 Å². The predicted molar refractivity (Wildman–Crippen MR) is 94.5 cm³/mol. The molecule has 1 atom stereocenters. The third-order valence-electron chi connectivity index (χ3n) is 4.12. The SMILES string of the molecule is CC(C)C(CN)C(=O)N(Cc1ccccc1)Cc1ccccc1. The minimum atomic E-state index is -0.137. The number of benzene rings is 2. The zero-order valence-electron chi connectivity index (χ0n) is 14.0. The Morgan fingerprint density at radius 3 is 1.70 bits per heavy atom. The fourth-order valence-corrected chi connectivity index (χ4v) is 2.71. The maximum absolute atomic E-state index is 13.0. The zero-order chi connectivity index (χ0) is 16.7. The molecule has 0 saturated heterocycles. The van der Waals surface area contributed by atoms with Gasteiger partial charge in [0.25, 0.3) is 0 Å². The van der Waals surface area contributed by atoms with Gasteiger partial charge < -0.3 is 10.6 Å². The highest BCUT2D eigenvalue weighted by Gasteiger charge is 2.26. The molecule has 2 aromatic rings. The second-order valence-corrected chi connectivity index (χ2v) is 6.25. The van der Waals surface area contributed by atoms with Crippen molar-refractivity contribution in [3.8, 4) is 0 Å². The predicted octanol–water partition coefficient (Wildman–Crippen LogP) is 3.45. The second kappa shape index (κ2) is 8.49. The van der Waals surface area contributed by atoms with Gasteiger partial charge >= 0.3 is 0 Å². The Morgan fingerprint density at radius 1 is 0.913 bits per heavy atom. The Bertz CT molecular complexity index is 554. The van der Waals surface area contributed by atoms with Gasteiger partial charge in [-0.25, -0.2) is 0 Å². The minimum absolute atomic E-state index is 0.134. The Labute approximate surface area is 139 Å². The third kappa shape index (κ3) is 4.93. The van der Waals surface area contributed by atoms with E-state index in [0.29, 0.717) is 19.6 Å². The Kier molecular flexibility index (Phi) is 6.36. The van der Waals surface area contributed by atoms with E-state index in [1.807, 2.05) is 41.3 Å². The maximum atomic E-state index is 13.0. The average molecular weight is 310 g/mol. The van der Waals surface area contributed by atoms with Crippen LogP contribution in [0.1, 0.15) is 25.0 Å². The standard InChI is InChI=1S/C20H26N2O/c1-16(2)19(13-21)20(23)22(14-17-9-5-3-6-10-17)15-18-11-7-4-8-12-18/h3-12,16,19H,13-15,21H2,1-2H3.